The van der Waals surface area contributed by atoms with E-state index < -0.39 is 15.1 Å². The second-order valence-corrected chi connectivity index (χ2v) is 9.91. The van der Waals surface area contributed by atoms with Crippen LogP contribution in [-0.4, -0.2) is 44.7 Å². The summed E-state index contributed by atoms with van der Waals surface area (Å²) < 4.78 is 31.2. The molecule has 2 aromatic rings. The van der Waals surface area contributed by atoms with E-state index in [-0.39, 0.29) is 23.9 Å². The van der Waals surface area contributed by atoms with Gasteiger partial charge in [0.25, 0.3) is 0 Å². The van der Waals surface area contributed by atoms with Gasteiger partial charge in [-0.1, -0.05) is 17.7 Å². The van der Waals surface area contributed by atoms with Crippen molar-refractivity contribution in [1.82, 2.24) is 4.90 Å². The van der Waals surface area contributed by atoms with E-state index in [1.807, 2.05) is 18.2 Å². The highest BCUT2D eigenvalue weighted by Gasteiger charge is 2.40. The van der Waals surface area contributed by atoms with E-state index in [1.54, 1.807) is 24.1 Å². The Hall–Kier alpha value is -1.57. The highest BCUT2D eigenvalue weighted by molar-refractivity contribution is 9.10. The van der Waals surface area contributed by atoms with Gasteiger partial charge in [-0.25, -0.2) is 8.42 Å². The van der Waals surface area contributed by atoms with E-state index in [2.05, 4.69) is 15.9 Å². The lowest BCUT2D eigenvalue weighted by molar-refractivity contribution is -0.134. The number of rotatable bonds is 6. The molecule has 0 N–H and O–H groups in total. The Morgan fingerprint density at radius 1 is 1.22 bits per heavy atom. The molecule has 2 aromatic carbocycles. The number of halogens is 2. The molecule has 0 aromatic heterocycles. The van der Waals surface area contributed by atoms with Crippen molar-refractivity contribution < 1.29 is 17.9 Å². The van der Waals surface area contributed by atoms with Gasteiger partial charge in [-0.15, -0.1) is 0 Å². The third-order valence-corrected chi connectivity index (χ3v) is 7.60. The fourth-order valence-corrected chi connectivity index (χ4v) is 5.30. The van der Waals surface area contributed by atoms with Crippen LogP contribution >= 0.6 is 27.5 Å². The minimum absolute atomic E-state index is 0.0375. The predicted octanol–water partition coefficient (Wildman–Crippen LogP) is 3.73. The molecule has 0 atom stereocenters. The summed E-state index contributed by atoms with van der Waals surface area (Å²) >= 11 is 9.24. The maximum Gasteiger partial charge on any atom is 0.222 e. The fourth-order valence-electron chi connectivity index (χ4n) is 2.93. The molecule has 0 saturated carbocycles. The zero-order valence-electron chi connectivity index (χ0n) is 14.7. The Morgan fingerprint density at radius 2 is 1.89 bits per heavy atom. The maximum atomic E-state index is 12.6. The Morgan fingerprint density at radius 3 is 2.48 bits per heavy atom. The van der Waals surface area contributed by atoms with Gasteiger partial charge in [0.1, 0.15) is 11.0 Å². The quantitative estimate of drug-likeness (QED) is 0.643. The van der Waals surface area contributed by atoms with Crippen LogP contribution in [-0.2, 0) is 21.1 Å². The first kappa shape index (κ1) is 20.2. The smallest absolute Gasteiger partial charge is 0.222 e. The van der Waals surface area contributed by atoms with Gasteiger partial charge < -0.3 is 9.64 Å². The third-order valence-electron chi connectivity index (χ3n) is 4.63. The first-order valence-corrected chi connectivity index (χ1v) is 11.1. The average molecular weight is 473 g/mol. The molecular weight excluding hydrogens is 454 g/mol. The van der Waals surface area contributed by atoms with Crippen molar-refractivity contribution in [3.63, 3.8) is 0 Å². The molecule has 1 amide bonds. The zero-order chi connectivity index (χ0) is 19.6. The number of nitrogens with zero attached hydrogens (tertiary/aromatic N) is 1. The first-order chi connectivity index (χ1) is 12.8. The molecule has 5 nitrogen and oxygen atoms in total. The van der Waals surface area contributed by atoms with Crippen LogP contribution in [0.1, 0.15) is 12.0 Å². The van der Waals surface area contributed by atoms with E-state index in [1.165, 1.54) is 12.1 Å². The van der Waals surface area contributed by atoms with E-state index in [0.717, 1.165) is 15.8 Å². The number of ether oxygens (including phenoxy) is 1. The standard InChI is InChI=1S/C19H19BrClNO4S/c1-26-18-8-2-13(10-17(18)20)3-9-19(23)22-11-16(12-22)27(24,25)15-6-4-14(21)5-7-15/h2,4-8,10,16H,3,9,11-12H2,1H3. The number of hydrogen-bond donors (Lipinski definition) is 0. The number of hydrogen-bond acceptors (Lipinski definition) is 4. The topological polar surface area (TPSA) is 63.7 Å². The van der Waals surface area contributed by atoms with Crippen molar-refractivity contribution in [2.45, 2.75) is 23.0 Å². The molecule has 0 unspecified atom stereocenters. The summed E-state index contributed by atoms with van der Waals surface area (Å²) in [5, 5.41) is -0.0673. The fraction of sp³-hybridized carbons (Fsp3) is 0.316. The number of sulfone groups is 1. The number of methoxy groups -OCH3 is 1. The first-order valence-electron chi connectivity index (χ1n) is 8.41. The molecule has 27 heavy (non-hydrogen) atoms. The number of carbonyl (C=O) groups excluding carboxylic acids is 1. The van der Waals surface area contributed by atoms with Crippen molar-refractivity contribution in [3.8, 4) is 5.75 Å². The lowest BCUT2D eigenvalue weighted by Crippen LogP contribution is -2.56. The monoisotopic (exact) mass is 471 g/mol. The number of carbonyl (C=O) groups is 1. The van der Waals surface area contributed by atoms with Crippen LogP contribution in [0.4, 0.5) is 0 Å². The molecule has 1 saturated heterocycles. The highest BCUT2D eigenvalue weighted by Crippen LogP contribution is 2.27. The van der Waals surface area contributed by atoms with Crippen LogP contribution in [0.15, 0.2) is 51.8 Å². The molecule has 1 heterocycles. The minimum atomic E-state index is -3.44. The lowest BCUT2D eigenvalue weighted by Gasteiger charge is -2.38. The van der Waals surface area contributed by atoms with Crippen molar-refractivity contribution in [1.29, 1.82) is 0 Å². The van der Waals surface area contributed by atoms with Crippen LogP contribution in [0.3, 0.4) is 0 Å². The number of amides is 1. The summed E-state index contributed by atoms with van der Waals surface area (Å²) in [6.07, 6.45) is 0.930. The largest absolute Gasteiger partial charge is 0.496 e. The maximum absolute atomic E-state index is 12.6. The average Bonchev–Trinajstić information content (AvgIpc) is 2.59. The molecule has 3 rings (SSSR count). The van der Waals surface area contributed by atoms with Crippen LogP contribution in [0.5, 0.6) is 5.75 Å². The molecule has 1 aliphatic heterocycles. The van der Waals surface area contributed by atoms with Crippen LogP contribution in [0.25, 0.3) is 0 Å². The molecule has 1 fully saturated rings. The summed E-state index contributed by atoms with van der Waals surface area (Å²) in [6.45, 7) is 0.464. The molecule has 1 aliphatic rings. The summed E-state index contributed by atoms with van der Waals surface area (Å²) in [6, 6.07) is 11.8. The molecular formula is C19H19BrClNO4S. The van der Waals surface area contributed by atoms with Gasteiger partial charge >= 0.3 is 0 Å². The van der Waals surface area contributed by atoms with Crippen LogP contribution < -0.4 is 4.74 Å². The van der Waals surface area contributed by atoms with E-state index >= 15 is 0 Å². The zero-order valence-corrected chi connectivity index (χ0v) is 17.9. The van der Waals surface area contributed by atoms with E-state index in [9.17, 15) is 13.2 Å². The molecule has 0 bridgehead atoms. The van der Waals surface area contributed by atoms with Crippen molar-refractivity contribution >= 4 is 43.3 Å². The van der Waals surface area contributed by atoms with Gasteiger partial charge in [-0.2, -0.15) is 0 Å². The van der Waals surface area contributed by atoms with Crippen molar-refractivity contribution in [3.05, 3.63) is 57.5 Å². The normalized spacial score (nSPS) is 14.7. The molecule has 0 radical (unpaired) electrons. The van der Waals surface area contributed by atoms with E-state index in [0.29, 0.717) is 17.9 Å². The molecule has 0 aliphatic carbocycles. The summed E-state index contributed by atoms with van der Waals surface area (Å²) in [5.41, 5.74) is 1.02. The lowest BCUT2D eigenvalue weighted by atomic mass is 10.1. The predicted molar refractivity (Wildman–Crippen MR) is 108 cm³/mol. The summed E-state index contributed by atoms with van der Waals surface area (Å²) in [7, 11) is -1.84. The number of aryl methyl sites for hydroxylation is 1. The minimum Gasteiger partial charge on any atom is -0.496 e. The Balaban J connectivity index is 1.54. The Bertz CT molecular complexity index is 941. The van der Waals surface area contributed by atoms with Crippen molar-refractivity contribution in [2.24, 2.45) is 0 Å². The number of benzene rings is 2. The summed E-state index contributed by atoms with van der Waals surface area (Å²) in [5.74, 6) is 0.701. The van der Waals surface area contributed by atoms with Crippen molar-refractivity contribution in [2.75, 3.05) is 20.2 Å². The van der Waals surface area contributed by atoms with Gasteiger partial charge in [0, 0.05) is 24.5 Å². The second kappa shape index (κ2) is 8.20. The number of likely N-dealkylation sites (tertiary alicyclic amines) is 1. The van der Waals surface area contributed by atoms with E-state index in [4.69, 9.17) is 16.3 Å². The van der Waals surface area contributed by atoms with Gasteiger partial charge in [-0.05, 0) is 64.3 Å². The van der Waals surface area contributed by atoms with Gasteiger partial charge in [0.05, 0.1) is 16.5 Å². The third kappa shape index (κ3) is 4.47. The molecule has 0 spiro atoms. The Kier molecular flexibility index (Phi) is 6.13. The molecule has 144 valence electrons. The summed E-state index contributed by atoms with van der Waals surface area (Å²) in [4.78, 5) is 14.2. The highest BCUT2D eigenvalue weighted by atomic mass is 79.9. The van der Waals surface area contributed by atoms with Gasteiger partial charge in [-0.3, -0.25) is 4.79 Å². The van der Waals surface area contributed by atoms with Gasteiger partial charge in [0.2, 0.25) is 5.91 Å². The molecule has 8 heteroatoms. The SMILES string of the molecule is COc1ccc(CCC(=O)N2CC(S(=O)(=O)c3ccc(Cl)cc3)C2)cc1Br. The van der Waals surface area contributed by atoms with Crippen LogP contribution in [0, 0.1) is 0 Å². The second-order valence-electron chi connectivity index (χ2n) is 6.39. The van der Waals surface area contributed by atoms with Crippen LogP contribution in [0.2, 0.25) is 5.02 Å². The Labute approximate surface area is 172 Å². The van der Waals surface area contributed by atoms with Gasteiger partial charge in [0.15, 0.2) is 9.84 Å².